The summed E-state index contributed by atoms with van der Waals surface area (Å²) in [5.74, 6) is 1.28. The van der Waals surface area contributed by atoms with Gasteiger partial charge in [0.1, 0.15) is 10.8 Å². The molecule has 0 fully saturated rings. The first kappa shape index (κ1) is 23.8. The Labute approximate surface area is 194 Å². The van der Waals surface area contributed by atoms with E-state index in [0.717, 1.165) is 16.8 Å². The zero-order chi connectivity index (χ0) is 23.5. The number of anilines is 4. The molecule has 0 aliphatic heterocycles. The van der Waals surface area contributed by atoms with Crippen LogP contribution in [0.5, 0.6) is 5.75 Å². The van der Waals surface area contributed by atoms with Gasteiger partial charge in [0.05, 0.1) is 34.3 Å². The molecule has 0 unspecified atom stereocenters. The van der Waals surface area contributed by atoms with E-state index < -0.39 is 15.1 Å². The van der Waals surface area contributed by atoms with Crippen molar-refractivity contribution in [2.24, 2.45) is 0 Å². The molecule has 0 radical (unpaired) electrons. The Bertz CT molecular complexity index is 1230. The molecule has 2 aromatic carbocycles. The first-order chi connectivity index (χ1) is 15.1. The third-order valence-electron chi connectivity index (χ3n) is 4.95. The van der Waals surface area contributed by atoms with E-state index in [9.17, 15) is 8.42 Å². The van der Waals surface area contributed by atoms with Crippen molar-refractivity contribution < 1.29 is 13.2 Å². The summed E-state index contributed by atoms with van der Waals surface area (Å²) in [7, 11) is -3.50. The molecule has 0 spiro atoms. The normalized spacial score (nSPS) is 11.5. The highest BCUT2D eigenvalue weighted by Crippen LogP contribution is 2.33. The fourth-order valence-electron chi connectivity index (χ4n) is 3.00. The van der Waals surface area contributed by atoms with Gasteiger partial charge in [-0.2, -0.15) is 4.98 Å². The number of nitrogens with zero attached hydrogens (tertiary/aromatic N) is 2. The van der Waals surface area contributed by atoms with Crippen LogP contribution in [0.2, 0.25) is 5.02 Å². The molecular formula is C23H27ClN4O3S. The van der Waals surface area contributed by atoms with E-state index in [1.54, 1.807) is 38.1 Å². The van der Waals surface area contributed by atoms with Crippen LogP contribution in [0.1, 0.15) is 31.9 Å². The van der Waals surface area contributed by atoms with Crippen LogP contribution >= 0.6 is 11.6 Å². The number of aryl methyl sites for hydroxylation is 2. The molecule has 170 valence electrons. The lowest BCUT2D eigenvalue weighted by atomic mass is 10.1. The number of rotatable bonds is 8. The van der Waals surface area contributed by atoms with Crippen molar-refractivity contribution in [2.45, 2.75) is 44.8 Å². The fourth-order valence-corrected chi connectivity index (χ4v) is 4.34. The number of halogens is 1. The van der Waals surface area contributed by atoms with Crippen LogP contribution in [0.25, 0.3) is 0 Å². The van der Waals surface area contributed by atoms with E-state index in [4.69, 9.17) is 16.3 Å². The molecule has 0 saturated heterocycles. The summed E-state index contributed by atoms with van der Waals surface area (Å²) in [6.45, 7) is 9.76. The Morgan fingerprint density at radius 1 is 1.06 bits per heavy atom. The third kappa shape index (κ3) is 5.14. The highest BCUT2D eigenvalue weighted by Gasteiger charge is 2.23. The molecule has 0 bridgehead atoms. The second-order valence-corrected chi connectivity index (χ2v) is 10.5. The van der Waals surface area contributed by atoms with Crippen molar-refractivity contribution in [3.8, 4) is 5.75 Å². The van der Waals surface area contributed by atoms with Gasteiger partial charge in [-0.1, -0.05) is 23.7 Å². The summed E-state index contributed by atoms with van der Waals surface area (Å²) >= 11 is 6.32. The summed E-state index contributed by atoms with van der Waals surface area (Å²) in [6, 6.07) is 10.6. The zero-order valence-corrected chi connectivity index (χ0v) is 20.3. The lowest BCUT2D eigenvalue weighted by Gasteiger charge is -2.16. The zero-order valence-electron chi connectivity index (χ0n) is 18.7. The Kier molecular flexibility index (Phi) is 7.26. The van der Waals surface area contributed by atoms with E-state index in [2.05, 4.69) is 20.6 Å². The average molecular weight is 475 g/mol. The summed E-state index contributed by atoms with van der Waals surface area (Å²) in [5.41, 5.74) is 3.33. The Morgan fingerprint density at radius 3 is 2.44 bits per heavy atom. The Morgan fingerprint density at radius 2 is 1.75 bits per heavy atom. The molecule has 3 rings (SSSR count). The minimum absolute atomic E-state index is 0.187. The number of hydrogen-bond acceptors (Lipinski definition) is 7. The maximum Gasteiger partial charge on any atom is 0.229 e. The van der Waals surface area contributed by atoms with E-state index >= 15 is 0 Å². The van der Waals surface area contributed by atoms with Crippen LogP contribution < -0.4 is 15.4 Å². The molecular weight excluding hydrogens is 448 g/mol. The maximum absolute atomic E-state index is 12.8. The number of ether oxygens (including phenoxy) is 1. The SMILES string of the molecule is CCOc1cc(C)c(C)cc1Nc1ncc(Cl)c(Nc2ccccc2S(=O)(=O)C(C)C)n1. The van der Waals surface area contributed by atoms with Gasteiger partial charge < -0.3 is 15.4 Å². The van der Waals surface area contributed by atoms with Crippen LogP contribution in [0, 0.1) is 13.8 Å². The van der Waals surface area contributed by atoms with Gasteiger partial charge in [-0.15, -0.1) is 0 Å². The van der Waals surface area contributed by atoms with Gasteiger partial charge in [0.25, 0.3) is 0 Å². The molecule has 32 heavy (non-hydrogen) atoms. The molecule has 0 aliphatic rings. The van der Waals surface area contributed by atoms with Gasteiger partial charge in [-0.25, -0.2) is 13.4 Å². The van der Waals surface area contributed by atoms with Crippen molar-refractivity contribution in [2.75, 3.05) is 17.2 Å². The second kappa shape index (κ2) is 9.75. The number of nitrogens with one attached hydrogen (secondary N) is 2. The lowest BCUT2D eigenvalue weighted by Crippen LogP contribution is -2.15. The van der Waals surface area contributed by atoms with Crippen LogP contribution in [-0.2, 0) is 9.84 Å². The number of para-hydroxylation sites is 1. The smallest absolute Gasteiger partial charge is 0.229 e. The molecule has 0 saturated carbocycles. The maximum atomic E-state index is 12.8. The number of hydrogen-bond donors (Lipinski definition) is 2. The molecule has 1 heterocycles. The Hall–Kier alpha value is -2.84. The molecule has 7 nitrogen and oxygen atoms in total. The predicted molar refractivity (Wildman–Crippen MR) is 129 cm³/mol. The molecule has 0 atom stereocenters. The monoisotopic (exact) mass is 474 g/mol. The van der Waals surface area contributed by atoms with Gasteiger partial charge in [0, 0.05) is 0 Å². The van der Waals surface area contributed by atoms with Gasteiger partial charge >= 0.3 is 0 Å². The molecule has 1 aromatic heterocycles. The molecule has 0 aliphatic carbocycles. The second-order valence-electron chi connectivity index (χ2n) is 7.60. The average Bonchev–Trinajstić information content (AvgIpc) is 2.74. The summed E-state index contributed by atoms with van der Waals surface area (Å²) in [4.78, 5) is 8.92. The van der Waals surface area contributed by atoms with E-state index in [1.807, 2.05) is 32.9 Å². The quantitative estimate of drug-likeness (QED) is 0.425. The first-order valence-electron chi connectivity index (χ1n) is 10.3. The molecule has 3 aromatic rings. The van der Waals surface area contributed by atoms with Gasteiger partial charge in [0.15, 0.2) is 15.7 Å². The van der Waals surface area contributed by atoms with E-state index in [1.165, 1.54) is 6.20 Å². The predicted octanol–water partition coefficient (Wildman–Crippen LogP) is 5.81. The summed E-state index contributed by atoms with van der Waals surface area (Å²) in [5, 5.41) is 5.93. The Balaban J connectivity index is 1.97. The summed E-state index contributed by atoms with van der Waals surface area (Å²) in [6.07, 6.45) is 1.46. The highest BCUT2D eigenvalue weighted by atomic mass is 35.5. The van der Waals surface area contributed by atoms with Crippen molar-refractivity contribution in [3.63, 3.8) is 0 Å². The highest BCUT2D eigenvalue weighted by molar-refractivity contribution is 7.92. The lowest BCUT2D eigenvalue weighted by molar-refractivity contribution is 0.341. The van der Waals surface area contributed by atoms with Crippen LogP contribution in [-0.4, -0.2) is 30.2 Å². The van der Waals surface area contributed by atoms with Crippen LogP contribution in [0.3, 0.4) is 0 Å². The van der Waals surface area contributed by atoms with E-state index in [-0.39, 0.29) is 15.7 Å². The number of benzene rings is 2. The third-order valence-corrected chi connectivity index (χ3v) is 7.44. The standard InChI is InChI=1S/C23H27ClN4O3S/c1-6-31-20-12-16(5)15(4)11-19(20)27-23-25-13-17(24)22(28-23)26-18-9-7-8-10-21(18)32(29,30)14(2)3/h7-14H,6H2,1-5H3,(H2,25,26,27,28). The van der Waals surface area contributed by atoms with Crippen LogP contribution in [0.15, 0.2) is 47.5 Å². The van der Waals surface area contributed by atoms with Gasteiger partial charge in [-0.3, -0.25) is 0 Å². The largest absolute Gasteiger partial charge is 0.492 e. The van der Waals surface area contributed by atoms with Gasteiger partial charge in [0.2, 0.25) is 5.95 Å². The number of aromatic nitrogens is 2. The summed E-state index contributed by atoms with van der Waals surface area (Å²) < 4.78 is 31.3. The molecule has 9 heteroatoms. The molecule has 0 amide bonds. The van der Waals surface area contributed by atoms with Crippen LogP contribution in [0.4, 0.5) is 23.1 Å². The van der Waals surface area contributed by atoms with E-state index in [0.29, 0.717) is 24.0 Å². The first-order valence-corrected chi connectivity index (χ1v) is 12.2. The van der Waals surface area contributed by atoms with Crippen molar-refractivity contribution >= 4 is 44.6 Å². The minimum atomic E-state index is -3.50. The number of sulfone groups is 1. The van der Waals surface area contributed by atoms with Crippen molar-refractivity contribution in [3.05, 3.63) is 58.7 Å². The fraction of sp³-hybridized carbons (Fsp3) is 0.304. The topological polar surface area (TPSA) is 93.2 Å². The minimum Gasteiger partial charge on any atom is -0.492 e. The molecule has 2 N–H and O–H groups in total. The van der Waals surface area contributed by atoms with Crippen molar-refractivity contribution in [1.82, 2.24) is 9.97 Å². The van der Waals surface area contributed by atoms with Gasteiger partial charge in [-0.05, 0) is 70.0 Å². The van der Waals surface area contributed by atoms with Crippen molar-refractivity contribution in [1.29, 1.82) is 0 Å².